The van der Waals surface area contributed by atoms with Crippen LogP contribution in [-0.4, -0.2) is 24.2 Å². The maximum absolute atomic E-state index is 10.9. The molecule has 0 aromatic heterocycles. The van der Waals surface area contributed by atoms with E-state index in [0.29, 0.717) is 11.6 Å². The zero-order valence-corrected chi connectivity index (χ0v) is 11.2. The lowest BCUT2D eigenvalue weighted by atomic mass is 10.1. The van der Waals surface area contributed by atoms with E-state index in [4.69, 9.17) is 16.7 Å². The van der Waals surface area contributed by atoms with Gasteiger partial charge in [-0.25, -0.2) is 0 Å². The number of benzene rings is 1. The van der Waals surface area contributed by atoms with Crippen LogP contribution in [-0.2, 0) is 4.79 Å². The van der Waals surface area contributed by atoms with Crippen molar-refractivity contribution in [3.05, 3.63) is 28.8 Å². The SMILES string of the molecule is CCN(CC(C)C(=O)O)c1cccc(Cl)c1C. The van der Waals surface area contributed by atoms with Crippen LogP contribution in [0.2, 0.25) is 5.02 Å². The van der Waals surface area contributed by atoms with Crippen molar-refractivity contribution >= 4 is 23.3 Å². The number of anilines is 1. The van der Waals surface area contributed by atoms with Crippen LogP contribution in [0.15, 0.2) is 18.2 Å². The van der Waals surface area contributed by atoms with Gasteiger partial charge in [0.1, 0.15) is 0 Å². The Morgan fingerprint density at radius 2 is 2.18 bits per heavy atom. The van der Waals surface area contributed by atoms with Gasteiger partial charge in [0, 0.05) is 23.8 Å². The highest BCUT2D eigenvalue weighted by Crippen LogP contribution is 2.26. The van der Waals surface area contributed by atoms with Crippen LogP contribution in [0.5, 0.6) is 0 Å². The molecule has 1 N–H and O–H groups in total. The van der Waals surface area contributed by atoms with Gasteiger partial charge in [-0.2, -0.15) is 0 Å². The highest BCUT2D eigenvalue weighted by atomic mass is 35.5. The number of halogens is 1. The second-order valence-electron chi connectivity index (χ2n) is 4.16. The molecule has 3 nitrogen and oxygen atoms in total. The third kappa shape index (κ3) is 3.37. The average Bonchev–Trinajstić information content (AvgIpc) is 2.29. The first kappa shape index (κ1) is 13.8. The van der Waals surface area contributed by atoms with Crippen molar-refractivity contribution in [3.63, 3.8) is 0 Å². The van der Waals surface area contributed by atoms with E-state index < -0.39 is 11.9 Å². The summed E-state index contributed by atoms with van der Waals surface area (Å²) in [6.45, 7) is 6.93. The molecule has 0 saturated heterocycles. The normalized spacial score (nSPS) is 12.2. The van der Waals surface area contributed by atoms with Crippen molar-refractivity contribution in [3.8, 4) is 0 Å². The summed E-state index contributed by atoms with van der Waals surface area (Å²) < 4.78 is 0. The van der Waals surface area contributed by atoms with E-state index in [9.17, 15) is 4.79 Å². The molecule has 94 valence electrons. The second kappa shape index (κ2) is 5.92. The lowest BCUT2D eigenvalue weighted by Crippen LogP contribution is -2.32. The minimum Gasteiger partial charge on any atom is -0.481 e. The van der Waals surface area contributed by atoms with Crippen LogP contribution in [0.1, 0.15) is 19.4 Å². The van der Waals surface area contributed by atoms with E-state index >= 15 is 0 Å². The number of carboxylic acid groups (broad SMARTS) is 1. The Morgan fingerprint density at radius 1 is 1.53 bits per heavy atom. The van der Waals surface area contributed by atoms with Gasteiger partial charge >= 0.3 is 5.97 Å². The predicted molar refractivity (Wildman–Crippen MR) is 70.9 cm³/mol. The number of hydrogen-bond acceptors (Lipinski definition) is 2. The fourth-order valence-electron chi connectivity index (χ4n) is 1.75. The number of aliphatic carboxylic acids is 1. The summed E-state index contributed by atoms with van der Waals surface area (Å²) in [6.07, 6.45) is 0. The Kier molecular flexibility index (Phi) is 4.82. The minimum absolute atomic E-state index is 0.395. The molecular weight excluding hydrogens is 238 g/mol. The third-order valence-corrected chi connectivity index (χ3v) is 3.29. The molecular formula is C13H18ClNO2. The zero-order chi connectivity index (χ0) is 13.0. The molecule has 0 heterocycles. The average molecular weight is 256 g/mol. The summed E-state index contributed by atoms with van der Waals surface area (Å²) in [5.74, 6) is -1.17. The molecule has 1 aromatic carbocycles. The molecule has 0 spiro atoms. The molecule has 1 aromatic rings. The van der Waals surface area contributed by atoms with Gasteiger partial charge in [0.25, 0.3) is 0 Å². The Hall–Kier alpha value is -1.22. The van der Waals surface area contributed by atoms with Crippen molar-refractivity contribution < 1.29 is 9.90 Å². The predicted octanol–water partition coefficient (Wildman–Crippen LogP) is 3.20. The van der Waals surface area contributed by atoms with Crippen LogP contribution in [0.25, 0.3) is 0 Å². The molecule has 1 unspecified atom stereocenters. The van der Waals surface area contributed by atoms with Crippen LogP contribution in [0, 0.1) is 12.8 Å². The molecule has 0 aliphatic rings. The van der Waals surface area contributed by atoms with Gasteiger partial charge in [-0.3, -0.25) is 4.79 Å². The number of carbonyl (C=O) groups is 1. The van der Waals surface area contributed by atoms with Crippen LogP contribution < -0.4 is 4.90 Å². The molecule has 0 amide bonds. The highest BCUT2D eigenvalue weighted by Gasteiger charge is 2.17. The Morgan fingerprint density at radius 3 is 2.71 bits per heavy atom. The maximum Gasteiger partial charge on any atom is 0.308 e. The molecule has 0 fully saturated rings. The molecule has 0 radical (unpaired) electrons. The van der Waals surface area contributed by atoms with E-state index in [-0.39, 0.29) is 0 Å². The summed E-state index contributed by atoms with van der Waals surface area (Å²) in [6, 6.07) is 5.70. The zero-order valence-electron chi connectivity index (χ0n) is 10.4. The van der Waals surface area contributed by atoms with Crippen molar-refractivity contribution in [1.29, 1.82) is 0 Å². The minimum atomic E-state index is -0.775. The summed E-state index contributed by atoms with van der Waals surface area (Å²) in [5, 5.41) is 9.66. The standard InChI is InChI=1S/C13H18ClNO2/c1-4-15(8-9(2)13(16)17)12-7-5-6-11(14)10(12)3/h5-7,9H,4,8H2,1-3H3,(H,16,17). The van der Waals surface area contributed by atoms with E-state index in [1.807, 2.05) is 36.9 Å². The lowest BCUT2D eigenvalue weighted by Gasteiger charge is -2.27. The Bertz CT molecular complexity index is 406. The summed E-state index contributed by atoms with van der Waals surface area (Å²) in [7, 11) is 0. The molecule has 0 aliphatic heterocycles. The number of rotatable bonds is 5. The Labute approximate surface area is 107 Å². The first-order valence-electron chi connectivity index (χ1n) is 5.70. The molecule has 0 aliphatic carbocycles. The topological polar surface area (TPSA) is 40.5 Å². The van der Waals surface area contributed by atoms with Gasteiger partial charge in [-0.1, -0.05) is 24.6 Å². The second-order valence-corrected chi connectivity index (χ2v) is 4.57. The largest absolute Gasteiger partial charge is 0.481 e. The fraction of sp³-hybridized carbons (Fsp3) is 0.462. The molecule has 1 atom stereocenters. The molecule has 0 bridgehead atoms. The van der Waals surface area contributed by atoms with Crippen molar-refractivity contribution in [1.82, 2.24) is 0 Å². The third-order valence-electron chi connectivity index (χ3n) is 2.88. The van der Waals surface area contributed by atoms with E-state index in [1.54, 1.807) is 6.92 Å². The van der Waals surface area contributed by atoms with Crippen LogP contribution in [0.3, 0.4) is 0 Å². The van der Waals surface area contributed by atoms with Gasteiger partial charge < -0.3 is 10.0 Å². The first-order chi connectivity index (χ1) is 7.97. The van der Waals surface area contributed by atoms with Crippen LogP contribution >= 0.6 is 11.6 Å². The summed E-state index contributed by atoms with van der Waals surface area (Å²) >= 11 is 6.07. The van der Waals surface area contributed by atoms with Gasteiger partial charge in [0.05, 0.1) is 5.92 Å². The lowest BCUT2D eigenvalue weighted by molar-refractivity contribution is -0.140. The number of nitrogens with zero attached hydrogens (tertiary/aromatic N) is 1. The quantitative estimate of drug-likeness (QED) is 0.878. The smallest absolute Gasteiger partial charge is 0.308 e. The first-order valence-corrected chi connectivity index (χ1v) is 6.08. The summed E-state index contributed by atoms with van der Waals surface area (Å²) in [4.78, 5) is 12.9. The van der Waals surface area contributed by atoms with Gasteiger partial charge in [0.15, 0.2) is 0 Å². The van der Waals surface area contributed by atoms with E-state index in [1.165, 1.54) is 0 Å². The highest BCUT2D eigenvalue weighted by molar-refractivity contribution is 6.31. The summed E-state index contributed by atoms with van der Waals surface area (Å²) in [5.41, 5.74) is 2.00. The fourth-order valence-corrected chi connectivity index (χ4v) is 1.91. The van der Waals surface area contributed by atoms with Crippen molar-refractivity contribution in [2.45, 2.75) is 20.8 Å². The van der Waals surface area contributed by atoms with Crippen LogP contribution in [0.4, 0.5) is 5.69 Å². The Balaban J connectivity index is 2.94. The van der Waals surface area contributed by atoms with Gasteiger partial charge in [-0.05, 0) is 31.5 Å². The number of carboxylic acids is 1. The van der Waals surface area contributed by atoms with Gasteiger partial charge in [-0.15, -0.1) is 0 Å². The monoisotopic (exact) mass is 255 g/mol. The molecule has 0 saturated carbocycles. The molecule has 1 rings (SSSR count). The molecule has 17 heavy (non-hydrogen) atoms. The van der Waals surface area contributed by atoms with Crippen molar-refractivity contribution in [2.24, 2.45) is 5.92 Å². The van der Waals surface area contributed by atoms with Gasteiger partial charge in [0.2, 0.25) is 0 Å². The van der Waals surface area contributed by atoms with E-state index in [0.717, 1.165) is 17.8 Å². The van der Waals surface area contributed by atoms with Crippen molar-refractivity contribution in [2.75, 3.05) is 18.0 Å². The molecule has 4 heteroatoms. The van der Waals surface area contributed by atoms with E-state index in [2.05, 4.69) is 0 Å². The number of hydrogen-bond donors (Lipinski definition) is 1. The maximum atomic E-state index is 10.9.